The highest BCUT2D eigenvalue weighted by Gasteiger charge is 2.17. The van der Waals surface area contributed by atoms with Crippen molar-refractivity contribution in [2.75, 3.05) is 0 Å². The molecule has 14 heavy (non-hydrogen) atoms. The van der Waals surface area contributed by atoms with Crippen LogP contribution in [-0.2, 0) is 0 Å². The summed E-state index contributed by atoms with van der Waals surface area (Å²) in [5.74, 6) is 0.907. The SMILES string of the molecule is CCC(C)C(CC#N)c1ccncc1. The Morgan fingerprint density at radius 1 is 1.43 bits per heavy atom. The summed E-state index contributed by atoms with van der Waals surface area (Å²) in [6, 6.07) is 6.28. The Labute approximate surface area is 85.6 Å². The average Bonchev–Trinajstić information content (AvgIpc) is 2.26. The Morgan fingerprint density at radius 2 is 2.07 bits per heavy atom. The largest absolute Gasteiger partial charge is 0.265 e. The van der Waals surface area contributed by atoms with Crippen LogP contribution in [0.15, 0.2) is 24.5 Å². The Balaban J connectivity index is 2.84. The van der Waals surface area contributed by atoms with Crippen molar-refractivity contribution in [2.45, 2.75) is 32.6 Å². The molecule has 0 amide bonds. The smallest absolute Gasteiger partial charge is 0.0628 e. The van der Waals surface area contributed by atoms with Gasteiger partial charge in [0.1, 0.15) is 0 Å². The minimum Gasteiger partial charge on any atom is -0.265 e. The van der Waals surface area contributed by atoms with E-state index >= 15 is 0 Å². The molecule has 0 aliphatic carbocycles. The molecule has 1 aromatic heterocycles. The molecule has 0 aromatic carbocycles. The fourth-order valence-corrected chi connectivity index (χ4v) is 1.64. The number of nitriles is 1. The van der Waals surface area contributed by atoms with Crippen molar-refractivity contribution >= 4 is 0 Å². The van der Waals surface area contributed by atoms with Crippen molar-refractivity contribution in [1.29, 1.82) is 5.26 Å². The monoisotopic (exact) mass is 188 g/mol. The lowest BCUT2D eigenvalue weighted by Crippen LogP contribution is -2.08. The first-order valence-electron chi connectivity index (χ1n) is 5.06. The average molecular weight is 188 g/mol. The predicted octanol–water partition coefficient (Wildman–Crippen LogP) is 3.12. The third-order valence-electron chi connectivity index (χ3n) is 2.78. The maximum absolute atomic E-state index is 8.78. The summed E-state index contributed by atoms with van der Waals surface area (Å²) in [7, 11) is 0. The van der Waals surface area contributed by atoms with Crippen molar-refractivity contribution in [3.8, 4) is 6.07 Å². The van der Waals surface area contributed by atoms with Gasteiger partial charge in [0.2, 0.25) is 0 Å². The van der Waals surface area contributed by atoms with Crippen LogP contribution >= 0.6 is 0 Å². The van der Waals surface area contributed by atoms with Gasteiger partial charge in [-0.15, -0.1) is 0 Å². The summed E-state index contributed by atoms with van der Waals surface area (Å²) in [4.78, 5) is 3.99. The van der Waals surface area contributed by atoms with Gasteiger partial charge in [0, 0.05) is 18.8 Å². The summed E-state index contributed by atoms with van der Waals surface area (Å²) in [6.07, 6.45) is 5.29. The first kappa shape index (κ1) is 10.7. The van der Waals surface area contributed by atoms with Gasteiger partial charge in [-0.3, -0.25) is 4.98 Å². The molecule has 2 nitrogen and oxygen atoms in total. The first-order chi connectivity index (χ1) is 6.79. The molecule has 0 radical (unpaired) electrons. The van der Waals surface area contributed by atoms with Gasteiger partial charge < -0.3 is 0 Å². The topological polar surface area (TPSA) is 36.7 Å². The zero-order valence-electron chi connectivity index (χ0n) is 8.77. The standard InChI is InChI=1S/C12H16N2/c1-3-10(2)12(4-7-13)11-5-8-14-9-6-11/h5-6,8-10,12H,3-4H2,1-2H3. The Kier molecular flexibility index (Phi) is 4.12. The molecule has 1 rings (SSSR count). The minimum absolute atomic E-state index is 0.355. The van der Waals surface area contributed by atoms with E-state index in [1.165, 1.54) is 5.56 Å². The van der Waals surface area contributed by atoms with Crippen LogP contribution in [0.25, 0.3) is 0 Å². The van der Waals surface area contributed by atoms with E-state index in [0.29, 0.717) is 18.3 Å². The van der Waals surface area contributed by atoms with Gasteiger partial charge in [-0.25, -0.2) is 0 Å². The molecule has 0 saturated heterocycles. The van der Waals surface area contributed by atoms with Crippen LogP contribution in [0.2, 0.25) is 0 Å². The predicted molar refractivity (Wildman–Crippen MR) is 56.7 cm³/mol. The van der Waals surface area contributed by atoms with Crippen LogP contribution in [0.4, 0.5) is 0 Å². The Hall–Kier alpha value is -1.36. The highest BCUT2D eigenvalue weighted by atomic mass is 14.6. The van der Waals surface area contributed by atoms with Gasteiger partial charge in [0.15, 0.2) is 0 Å². The number of hydrogen-bond donors (Lipinski definition) is 0. The molecule has 0 spiro atoms. The molecule has 0 aliphatic rings. The Bertz CT molecular complexity index is 300. The van der Waals surface area contributed by atoms with Gasteiger partial charge in [-0.05, 0) is 29.5 Å². The van der Waals surface area contributed by atoms with E-state index in [-0.39, 0.29) is 0 Å². The van der Waals surface area contributed by atoms with Crippen LogP contribution in [0.5, 0.6) is 0 Å². The van der Waals surface area contributed by atoms with Crippen molar-refractivity contribution in [3.05, 3.63) is 30.1 Å². The second-order valence-electron chi connectivity index (χ2n) is 3.63. The normalized spacial score (nSPS) is 14.4. The highest BCUT2D eigenvalue weighted by Crippen LogP contribution is 2.29. The molecular weight excluding hydrogens is 172 g/mol. The summed E-state index contributed by atoms with van der Waals surface area (Å²) in [5.41, 5.74) is 1.23. The summed E-state index contributed by atoms with van der Waals surface area (Å²) < 4.78 is 0. The highest BCUT2D eigenvalue weighted by molar-refractivity contribution is 5.18. The number of nitrogens with zero attached hydrogens (tertiary/aromatic N) is 2. The fraction of sp³-hybridized carbons (Fsp3) is 0.500. The van der Waals surface area contributed by atoms with E-state index in [0.717, 1.165) is 6.42 Å². The maximum Gasteiger partial charge on any atom is 0.0628 e. The van der Waals surface area contributed by atoms with Gasteiger partial charge >= 0.3 is 0 Å². The molecule has 0 saturated carbocycles. The van der Waals surface area contributed by atoms with Crippen molar-refractivity contribution in [2.24, 2.45) is 5.92 Å². The van der Waals surface area contributed by atoms with E-state index in [1.807, 2.05) is 12.1 Å². The number of hydrogen-bond acceptors (Lipinski definition) is 2. The van der Waals surface area contributed by atoms with E-state index in [4.69, 9.17) is 5.26 Å². The third kappa shape index (κ3) is 2.56. The van der Waals surface area contributed by atoms with Crippen molar-refractivity contribution in [3.63, 3.8) is 0 Å². The molecule has 2 unspecified atom stereocenters. The van der Waals surface area contributed by atoms with Crippen molar-refractivity contribution < 1.29 is 0 Å². The van der Waals surface area contributed by atoms with Crippen LogP contribution in [-0.4, -0.2) is 4.98 Å². The number of pyridine rings is 1. The minimum atomic E-state index is 0.355. The molecule has 0 bridgehead atoms. The van der Waals surface area contributed by atoms with Gasteiger partial charge in [0.25, 0.3) is 0 Å². The second kappa shape index (κ2) is 5.39. The van der Waals surface area contributed by atoms with Crippen LogP contribution in [0, 0.1) is 17.2 Å². The number of rotatable bonds is 4. The van der Waals surface area contributed by atoms with Crippen LogP contribution in [0.3, 0.4) is 0 Å². The summed E-state index contributed by atoms with van der Waals surface area (Å²) >= 11 is 0. The van der Waals surface area contributed by atoms with Gasteiger partial charge in [-0.2, -0.15) is 5.26 Å². The lowest BCUT2D eigenvalue weighted by molar-refractivity contribution is 0.450. The van der Waals surface area contributed by atoms with Crippen molar-refractivity contribution in [1.82, 2.24) is 4.98 Å². The molecule has 74 valence electrons. The van der Waals surface area contributed by atoms with Crippen LogP contribution in [0.1, 0.15) is 38.2 Å². The lowest BCUT2D eigenvalue weighted by atomic mass is 9.84. The van der Waals surface area contributed by atoms with Gasteiger partial charge in [-0.1, -0.05) is 20.3 Å². The molecule has 1 heterocycles. The molecular formula is C12H16N2. The Morgan fingerprint density at radius 3 is 2.57 bits per heavy atom. The third-order valence-corrected chi connectivity index (χ3v) is 2.78. The molecule has 1 aromatic rings. The van der Waals surface area contributed by atoms with E-state index in [9.17, 15) is 0 Å². The molecule has 0 N–H and O–H groups in total. The maximum atomic E-state index is 8.78. The zero-order chi connectivity index (χ0) is 10.4. The van der Waals surface area contributed by atoms with E-state index in [2.05, 4.69) is 24.9 Å². The summed E-state index contributed by atoms with van der Waals surface area (Å²) in [5, 5.41) is 8.78. The number of aromatic nitrogens is 1. The molecule has 2 atom stereocenters. The molecule has 0 fully saturated rings. The first-order valence-corrected chi connectivity index (χ1v) is 5.06. The van der Waals surface area contributed by atoms with E-state index in [1.54, 1.807) is 12.4 Å². The zero-order valence-corrected chi connectivity index (χ0v) is 8.77. The molecule has 2 heteroatoms. The van der Waals surface area contributed by atoms with Gasteiger partial charge in [0.05, 0.1) is 6.07 Å². The van der Waals surface area contributed by atoms with E-state index < -0.39 is 0 Å². The summed E-state index contributed by atoms with van der Waals surface area (Å²) in [6.45, 7) is 4.36. The second-order valence-corrected chi connectivity index (χ2v) is 3.63. The van der Waals surface area contributed by atoms with Crippen LogP contribution < -0.4 is 0 Å². The fourth-order valence-electron chi connectivity index (χ4n) is 1.64. The quantitative estimate of drug-likeness (QED) is 0.727. The molecule has 0 aliphatic heterocycles. The lowest BCUT2D eigenvalue weighted by Gasteiger charge is -2.20.